The number of hydrogen-bond acceptors (Lipinski definition) is 3. The van der Waals surface area contributed by atoms with Crippen molar-refractivity contribution in [3.63, 3.8) is 0 Å². The molecule has 2 N–H and O–H groups in total. The van der Waals surface area contributed by atoms with Crippen LogP contribution in [-0.4, -0.2) is 21.5 Å². The smallest absolute Gasteiger partial charge is 0.240 e. The summed E-state index contributed by atoms with van der Waals surface area (Å²) in [6.07, 6.45) is 2.06. The summed E-state index contributed by atoms with van der Waals surface area (Å²) in [4.78, 5) is -0.0860. The van der Waals surface area contributed by atoms with E-state index in [-0.39, 0.29) is 16.0 Å². The molecule has 0 radical (unpaired) electrons. The number of nitrogens with one attached hydrogen (secondary N) is 2. The molecule has 112 valence electrons. The Kier molecular flexibility index (Phi) is 4.69. The summed E-state index contributed by atoms with van der Waals surface area (Å²) in [5, 5.41) is 2.79. The third kappa shape index (κ3) is 3.49. The topological polar surface area (TPSA) is 58.2 Å². The first-order valence-electron chi connectivity index (χ1n) is 6.50. The predicted octanol–water partition coefficient (Wildman–Crippen LogP) is 2.28. The van der Waals surface area contributed by atoms with Gasteiger partial charge in [-0.05, 0) is 50.4 Å². The number of hydrogen-bond donors (Lipinski definition) is 2. The van der Waals surface area contributed by atoms with Crippen LogP contribution in [0.3, 0.4) is 0 Å². The van der Waals surface area contributed by atoms with Crippen molar-refractivity contribution in [2.75, 3.05) is 7.05 Å². The number of rotatable bonds is 6. The van der Waals surface area contributed by atoms with Crippen molar-refractivity contribution in [3.05, 3.63) is 28.5 Å². The van der Waals surface area contributed by atoms with Gasteiger partial charge in [-0.3, -0.25) is 0 Å². The highest BCUT2D eigenvalue weighted by molar-refractivity contribution is 7.89. The monoisotopic (exact) mass is 320 g/mol. The Balaban J connectivity index is 2.30. The van der Waals surface area contributed by atoms with E-state index >= 15 is 0 Å². The maximum Gasteiger partial charge on any atom is 0.240 e. The summed E-state index contributed by atoms with van der Waals surface area (Å²) in [7, 11) is -2.04. The minimum Gasteiger partial charge on any atom is -0.316 e. The number of sulfonamides is 1. The molecule has 0 aromatic heterocycles. The lowest BCUT2D eigenvalue weighted by atomic mass is 10.2. The molecule has 1 aromatic rings. The highest BCUT2D eigenvalue weighted by atomic mass is 35.5. The van der Waals surface area contributed by atoms with Crippen molar-refractivity contribution < 1.29 is 12.8 Å². The third-order valence-corrected chi connectivity index (χ3v) is 5.39. The van der Waals surface area contributed by atoms with Crippen LogP contribution in [0, 0.1) is 11.7 Å². The fourth-order valence-corrected chi connectivity index (χ4v) is 3.65. The van der Waals surface area contributed by atoms with Crippen molar-refractivity contribution in [1.29, 1.82) is 0 Å². The first-order chi connectivity index (χ1) is 9.35. The van der Waals surface area contributed by atoms with Crippen LogP contribution in [-0.2, 0) is 16.6 Å². The molecule has 0 spiro atoms. The Morgan fingerprint density at radius 2 is 2.10 bits per heavy atom. The van der Waals surface area contributed by atoms with Crippen molar-refractivity contribution in [1.82, 2.24) is 10.0 Å². The SMILES string of the molecule is CNCc1cc(S(=O)(=O)NC(C)C2CC2)cc(F)c1Cl. The molecule has 20 heavy (non-hydrogen) atoms. The molecular formula is C13H18ClFN2O2S. The zero-order chi connectivity index (χ0) is 14.9. The molecule has 1 aliphatic rings. The van der Waals surface area contributed by atoms with Gasteiger partial charge in [-0.1, -0.05) is 11.6 Å². The van der Waals surface area contributed by atoms with Gasteiger partial charge in [0.2, 0.25) is 10.0 Å². The predicted molar refractivity (Wildman–Crippen MR) is 76.7 cm³/mol. The van der Waals surface area contributed by atoms with Crippen molar-refractivity contribution >= 4 is 21.6 Å². The second-order valence-corrected chi connectivity index (χ2v) is 7.25. The van der Waals surface area contributed by atoms with Gasteiger partial charge in [0.25, 0.3) is 0 Å². The molecule has 0 saturated heterocycles. The molecule has 1 atom stereocenters. The van der Waals surface area contributed by atoms with Crippen LogP contribution in [0.5, 0.6) is 0 Å². The molecule has 1 aromatic carbocycles. The van der Waals surface area contributed by atoms with E-state index in [4.69, 9.17) is 11.6 Å². The molecule has 1 fully saturated rings. The molecule has 0 amide bonds. The summed E-state index contributed by atoms with van der Waals surface area (Å²) >= 11 is 5.83. The second kappa shape index (κ2) is 5.97. The lowest BCUT2D eigenvalue weighted by Crippen LogP contribution is -2.34. The van der Waals surface area contributed by atoms with Gasteiger partial charge in [0.05, 0.1) is 9.92 Å². The van der Waals surface area contributed by atoms with Gasteiger partial charge < -0.3 is 5.32 Å². The molecule has 0 heterocycles. The van der Waals surface area contributed by atoms with E-state index in [1.54, 1.807) is 7.05 Å². The maximum absolute atomic E-state index is 13.7. The molecule has 2 rings (SSSR count). The van der Waals surface area contributed by atoms with Crippen LogP contribution in [0.25, 0.3) is 0 Å². The van der Waals surface area contributed by atoms with E-state index in [0.29, 0.717) is 18.0 Å². The Morgan fingerprint density at radius 3 is 2.65 bits per heavy atom. The van der Waals surface area contributed by atoms with E-state index in [2.05, 4.69) is 10.0 Å². The minimum absolute atomic E-state index is 0.0476. The molecule has 4 nitrogen and oxygen atoms in total. The molecule has 1 aliphatic carbocycles. The van der Waals surface area contributed by atoms with E-state index in [9.17, 15) is 12.8 Å². The number of benzene rings is 1. The van der Waals surface area contributed by atoms with Crippen LogP contribution in [0.2, 0.25) is 5.02 Å². The summed E-state index contributed by atoms with van der Waals surface area (Å²) in [5.74, 6) is -0.336. The normalized spacial score (nSPS) is 17.2. The maximum atomic E-state index is 13.7. The molecule has 1 unspecified atom stereocenters. The van der Waals surface area contributed by atoms with Gasteiger partial charge in [0.1, 0.15) is 5.82 Å². The molecule has 7 heteroatoms. The average molecular weight is 321 g/mol. The second-order valence-electron chi connectivity index (χ2n) is 5.16. The minimum atomic E-state index is -3.72. The molecular weight excluding hydrogens is 303 g/mol. The third-order valence-electron chi connectivity index (χ3n) is 3.42. The fourth-order valence-electron chi connectivity index (χ4n) is 2.10. The van der Waals surface area contributed by atoms with Crippen LogP contribution in [0.4, 0.5) is 4.39 Å². The highest BCUT2D eigenvalue weighted by Gasteiger charge is 2.31. The van der Waals surface area contributed by atoms with E-state index in [1.165, 1.54) is 6.07 Å². The summed E-state index contributed by atoms with van der Waals surface area (Å²) < 4.78 is 40.8. The molecule has 0 aliphatic heterocycles. The van der Waals surface area contributed by atoms with Gasteiger partial charge in [-0.25, -0.2) is 17.5 Å². The summed E-state index contributed by atoms with van der Waals surface area (Å²) in [5.41, 5.74) is 0.425. The van der Waals surface area contributed by atoms with Gasteiger partial charge in [0, 0.05) is 12.6 Å². The van der Waals surface area contributed by atoms with Crippen LogP contribution in [0.1, 0.15) is 25.3 Å². The van der Waals surface area contributed by atoms with Crippen molar-refractivity contribution in [2.45, 2.75) is 37.2 Å². The largest absolute Gasteiger partial charge is 0.316 e. The Hall–Kier alpha value is -0.690. The zero-order valence-corrected chi connectivity index (χ0v) is 13.0. The fraction of sp³-hybridized carbons (Fsp3) is 0.538. The Bertz CT molecular complexity index is 603. The van der Waals surface area contributed by atoms with Gasteiger partial charge >= 0.3 is 0 Å². The number of halogens is 2. The lowest BCUT2D eigenvalue weighted by Gasteiger charge is -2.15. The Labute approximate surface area is 123 Å². The summed E-state index contributed by atoms with van der Waals surface area (Å²) in [6, 6.07) is 2.24. The highest BCUT2D eigenvalue weighted by Crippen LogP contribution is 2.33. The first-order valence-corrected chi connectivity index (χ1v) is 8.36. The average Bonchev–Trinajstić information content (AvgIpc) is 3.18. The van der Waals surface area contributed by atoms with Gasteiger partial charge in [0.15, 0.2) is 0 Å². The Morgan fingerprint density at radius 1 is 1.45 bits per heavy atom. The van der Waals surface area contributed by atoms with E-state index in [0.717, 1.165) is 18.9 Å². The van der Waals surface area contributed by atoms with E-state index < -0.39 is 15.8 Å². The van der Waals surface area contributed by atoms with E-state index in [1.807, 2.05) is 6.92 Å². The van der Waals surface area contributed by atoms with Crippen LogP contribution < -0.4 is 10.0 Å². The van der Waals surface area contributed by atoms with Crippen molar-refractivity contribution in [2.24, 2.45) is 5.92 Å². The standard InChI is InChI=1S/C13H18ClFN2O2S/c1-8(9-3-4-9)17-20(18,19)11-5-10(7-16-2)13(14)12(15)6-11/h5-6,8-9,16-17H,3-4,7H2,1-2H3. The van der Waals surface area contributed by atoms with Gasteiger partial charge in [-0.15, -0.1) is 0 Å². The lowest BCUT2D eigenvalue weighted by molar-refractivity contribution is 0.536. The van der Waals surface area contributed by atoms with Crippen molar-refractivity contribution in [3.8, 4) is 0 Å². The first kappa shape index (κ1) is 15.7. The van der Waals surface area contributed by atoms with Crippen LogP contribution in [0.15, 0.2) is 17.0 Å². The molecule has 1 saturated carbocycles. The zero-order valence-electron chi connectivity index (χ0n) is 11.4. The summed E-state index contributed by atoms with van der Waals surface area (Å²) in [6.45, 7) is 2.13. The van der Waals surface area contributed by atoms with Crippen LogP contribution >= 0.6 is 11.6 Å². The quantitative estimate of drug-likeness (QED) is 0.845. The van der Waals surface area contributed by atoms with Gasteiger partial charge in [-0.2, -0.15) is 0 Å². The molecule has 0 bridgehead atoms.